The van der Waals surface area contributed by atoms with Crippen molar-refractivity contribution < 1.29 is 13.2 Å². The van der Waals surface area contributed by atoms with E-state index in [0.29, 0.717) is 12.1 Å². The molecule has 1 aromatic carbocycles. The maximum atomic E-state index is 11.6. The summed E-state index contributed by atoms with van der Waals surface area (Å²) >= 11 is 0. The van der Waals surface area contributed by atoms with Gasteiger partial charge in [0, 0.05) is 24.3 Å². The lowest BCUT2D eigenvalue weighted by Crippen LogP contribution is -2.23. The predicted molar refractivity (Wildman–Crippen MR) is 75.7 cm³/mol. The average Bonchev–Trinajstić information content (AvgIpc) is 2.30. The van der Waals surface area contributed by atoms with Gasteiger partial charge in [0.2, 0.25) is 10.0 Å². The molecule has 106 valence electrons. The van der Waals surface area contributed by atoms with Crippen LogP contribution in [-0.2, 0) is 10.0 Å². The van der Waals surface area contributed by atoms with Crippen LogP contribution in [0.2, 0.25) is 0 Å². The molecule has 0 bridgehead atoms. The molecule has 0 spiro atoms. The van der Waals surface area contributed by atoms with Gasteiger partial charge < -0.3 is 10.6 Å². The molecule has 0 saturated heterocycles. The smallest absolute Gasteiger partial charge is 0.251 e. The van der Waals surface area contributed by atoms with Crippen molar-refractivity contribution in [1.82, 2.24) is 5.32 Å². The van der Waals surface area contributed by atoms with Crippen LogP contribution in [0.15, 0.2) is 18.2 Å². The molecule has 1 rings (SSSR count). The zero-order chi connectivity index (χ0) is 14.5. The fraction of sp³-hybridized carbons (Fsp3) is 0.417. The van der Waals surface area contributed by atoms with Gasteiger partial charge in [0.15, 0.2) is 0 Å². The lowest BCUT2D eigenvalue weighted by molar-refractivity contribution is 0.0955. The number of carbonyl (C=O) groups excluding carboxylic acids is 1. The third-order valence-corrected chi connectivity index (χ3v) is 3.30. The summed E-state index contributed by atoms with van der Waals surface area (Å²) in [5.74, 6) is -0.258. The van der Waals surface area contributed by atoms with Crippen molar-refractivity contribution in [3.8, 4) is 0 Å². The molecule has 0 aliphatic rings. The normalized spacial score (nSPS) is 11.1. The predicted octanol–water partition coefficient (Wildman–Crippen LogP) is 0.445. The molecule has 7 heteroatoms. The first-order chi connectivity index (χ1) is 8.83. The molecule has 0 radical (unpaired) electrons. The minimum absolute atomic E-state index is 0.123. The Labute approximate surface area is 113 Å². The molecule has 0 atom stereocenters. The molecular formula is C12H19N3O3S. The van der Waals surface area contributed by atoms with Crippen molar-refractivity contribution in [3.05, 3.63) is 29.3 Å². The molecule has 0 heterocycles. The van der Waals surface area contributed by atoms with Gasteiger partial charge in [-0.1, -0.05) is 0 Å². The van der Waals surface area contributed by atoms with E-state index in [-0.39, 0.29) is 18.2 Å². The lowest BCUT2D eigenvalue weighted by Gasteiger charge is -2.10. The summed E-state index contributed by atoms with van der Waals surface area (Å²) in [6.07, 6.45) is 0. The number of amides is 1. The molecular weight excluding hydrogens is 266 g/mol. The van der Waals surface area contributed by atoms with Crippen LogP contribution in [-0.4, -0.2) is 33.2 Å². The summed E-state index contributed by atoms with van der Waals surface area (Å²) < 4.78 is 21.6. The maximum absolute atomic E-state index is 11.6. The van der Waals surface area contributed by atoms with E-state index in [0.717, 1.165) is 11.3 Å². The Balaban J connectivity index is 2.70. The Morgan fingerprint density at radius 1 is 1.37 bits per heavy atom. The molecule has 6 nitrogen and oxygen atoms in total. The van der Waals surface area contributed by atoms with E-state index >= 15 is 0 Å². The van der Waals surface area contributed by atoms with Gasteiger partial charge >= 0.3 is 0 Å². The van der Waals surface area contributed by atoms with Crippen LogP contribution < -0.4 is 15.8 Å². The van der Waals surface area contributed by atoms with E-state index in [1.807, 2.05) is 13.8 Å². The number of rotatable bonds is 6. The van der Waals surface area contributed by atoms with Crippen molar-refractivity contribution >= 4 is 21.6 Å². The molecule has 19 heavy (non-hydrogen) atoms. The summed E-state index contributed by atoms with van der Waals surface area (Å²) in [5, 5.41) is 10.6. The second-order valence-corrected chi connectivity index (χ2v) is 5.92. The summed E-state index contributed by atoms with van der Waals surface area (Å²) in [6.45, 7) is 4.52. The van der Waals surface area contributed by atoms with Crippen LogP contribution in [0.5, 0.6) is 0 Å². The Morgan fingerprint density at radius 3 is 2.58 bits per heavy atom. The second kappa shape index (κ2) is 6.53. The Morgan fingerprint density at radius 2 is 2.05 bits per heavy atom. The number of nitrogens with two attached hydrogens (primary N) is 1. The second-order valence-electron chi connectivity index (χ2n) is 4.18. The number of hydrogen-bond donors (Lipinski definition) is 3. The number of carbonyl (C=O) groups is 1. The van der Waals surface area contributed by atoms with Gasteiger partial charge in [-0.05, 0) is 37.6 Å². The summed E-state index contributed by atoms with van der Waals surface area (Å²) in [6, 6.07) is 5.20. The van der Waals surface area contributed by atoms with E-state index in [1.54, 1.807) is 18.2 Å². The highest BCUT2D eigenvalue weighted by Gasteiger charge is 2.07. The molecule has 1 amide bonds. The zero-order valence-electron chi connectivity index (χ0n) is 11.1. The molecule has 0 unspecified atom stereocenters. The number of hydrogen-bond acceptors (Lipinski definition) is 4. The Kier molecular flexibility index (Phi) is 5.31. The third-order valence-electron chi connectivity index (χ3n) is 2.53. The topological polar surface area (TPSA) is 101 Å². The molecule has 0 aromatic heterocycles. The van der Waals surface area contributed by atoms with Crippen molar-refractivity contribution in [2.75, 3.05) is 24.2 Å². The summed E-state index contributed by atoms with van der Waals surface area (Å²) in [5.41, 5.74) is 2.24. The van der Waals surface area contributed by atoms with Gasteiger partial charge in [0.05, 0.1) is 5.75 Å². The quantitative estimate of drug-likeness (QED) is 0.706. The van der Waals surface area contributed by atoms with Crippen LogP contribution in [0.3, 0.4) is 0 Å². The van der Waals surface area contributed by atoms with Crippen molar-refractivity contribution in [2.45, 2.75) is 13.8 Å². The fourth-order valence-electron chi connectivity index (χ4n) is 1.59. The Bertz CT molecular complexity index is 555. The number of sulfonamides is 1. The van der Waals surface area contributed by atoms with Crippen LogP contribution in [0.1, 0.15) is 22.8 Å². The molecule has 0 aliphatic heterocycles. The number of aryl methyl sites for hydroxylation is 1. The highest BCUT2D eigenvalue weighted by molar-refractivity contribution is 7.89. The monoisotopic (exact) mass is 285 g/mol. The highest BCUT2D eigenvalue weighted by Crippen LogP contribution is 2.16. The van der Waals surface area contributed by atoms with Gasteiger partial charge in [-0.15, -0.1) is 0 Å². The highest BCUT2D eigenvalue weighted by atomic mass is 32.2. The SMILES string of the molecule is CCNC(=O)c1ccc(NCCS(N)(=O)=O)c(C)c1. The number of anilines is 1. The van der Waals surface area contributed by atoms with Crippen molar-refractivity contribution in [3.63, 3.8) is 0 Å². The first kappa shape index (κ1) is 15.5. The number of nitrogens with one attached hydrogen (secondary N) is 2. The minimum Gasteiger partial charge on any atom is -0.384 e. The summed E-state index contributed by atoms with van der Waals surface area (Å²) in [7, 11) is -3.46. The molecule has 0 fully saturated rings. The van der Waals surface area contributed by atoms with E-state index in [4.69, 9.17) is 5.14 Å². The van der Waals surface area contributed by atoms with Crippen LogP contribution in [0.25, 0.3) is 0 Å². The standard InChI is InChI=1S/C12H19N3O3S/c1-3-14-12(16)10-4-5-11(9(2)8-10)15-6-7-19(13,17)18/h4-5,8,15H,3,6-7H2,1-2H3,(H,14,16)(H2,13,17,18). The molecule has 0 saturated carbocycles. The van der Waals surface area contributed by atoms with Gasteiger partial charge in [-0.2, -0.15) is 0 Å². The van der Waals surface area contributed by atoms with E-state index < -0.39 is 10.0 Å². The van der Waals surface area contributed by atoms with Gasteiger partial charge in [0.1, 0.15) is 0 Å². The molecule has 0 aliphatic carbocycles. The van der Waals surface area contributed by atoms with E-state index in [2.05, 4.69) is 10.6 Å². The largest absolute Gasteiger partial charge is 0.384 e. The first-order valence-electron chi connectivity index (χ1n) is 5.96. The zero-order valence-corrected chi connectivity index (χ0v) is 11.9. The summed E-state index contributed by atoms with van der Waals surface area (Å²) in [4.78, 5) is 11.6. The molecule has 1 aromatic rings. The van der Waals surface area contributed by atoms with Crippen LogP contribution in [0, 0.1) is 6.92 Å². The third kappa shape index (κ3) is 5.27. The van der Waals surface area contributed by atoms with Crippen molar-refractivity contribution in [2.24, 2.45) is 5.14 Å². The number of primary sulfonamides is 1. The van der Waals surface area contributed by atoms with E-state index in [9.17, 15) is 13.2 Å². The van der Waals surface area contributed by atoms with Crippen LogP contribution >= 0.6 is 0 Å². The van der Waals surface area contributed by atoms with Gasteiger partial charge in [-0.3, -0.25) is 4.79 Å². The molecule has 4 N–H and O–H groups in total. The maximum Gasteiger partial charge on any atom is 0.251 e. The fourth-order valence-corrected chi connectivity index (χ4v) is 1.98. The van der Waals surface area contributed by atoms with E-state index in [1.165, 1.54) is 0 Å². The first-order valence-corrected chi connectivity index (χ1v) is 7.68. The van der Waals surface area contributed by atoms with Crippen LogP contribution in [0.4, 0.5) is 5.69 Å². The van der Waals surface area contributed by atoms with Crippen molar-refractivity contribution in [1.29, 1.82) is 0 Å². The van der Waals surface area contributed by atoms with Gasteiger partial charge in [0.25, 0.3) is 5.91 Å². The van der Waals surface area contributed by atoms with Gasteiger partial charge in [-0.25, -0.2) is 13.6 Å². The minimum atomic E-state index is -3.46. The average molecular weight is 285 g/mol. The Hall–Kier alpha value is -1.60. The lowest BCUT2D eigenvalue weighted by atomic mass is 10.1. The number of benzene rings is 1.